The fourth-order valence-electron chi connectivity index (χ4n) is 2.44. The van der Waals surface area contributed by atoms with Gasteiger partial charge in [0, 0.05) is 18.6 Å². The predicted octanol–water partition coefficient (Wildman–Crippen LogP) is 4.01. The van der Waals surface area contributed by atoms with Gasteiger partial charge in [0.1, 0.15) is 0 Å². The molecule has 0 aliphatic rings. The molecule has 2 nitrogen and oxygen atoms in total. The molecule has 1 aromatic rings. The lowest BCUT2D eigenvalue weighted by molar-refractivity contribution is 0.129. The van der Waals surface area contributed by atoms with Crippen molar-refractivity contribution in [2.45, 2.75) is 53.6 Å². The largest absolute Gasteiger partial charge is 0.309 e. The topological polar surface area (TPSA) is 15.3 Å². The van der Waals surface area contributed by atoms with Crippen LogP contribution in [0.1, 0.15) is 51.8 Å². The van der Waals surface area contributed by atoms with Crippen LogP contribution in [-0.2, 0) is 0 Å². The zero-order valence-corrected chi connectivity index (χ0v) is 14.3. The number of nitrogens with zero attached hydrogens (tertiary/aromatic N) is 1. The molecule has 2 atom stereocenters. The van der Waals surface area contributed by atoms with E-state index >= 15 is 0 Å². The second kappa shape index (κ2) is 7.24. The van der Waals surface area contributed by atoms with Crippen molar-refractivity contribution < 1.29 is 0 Å². The van der Waals surface area contributed by atoms with Crippen LogP contribution in [0.3, 0.4) is 0 Å². The minimum absolute atomic E-state index is 0.304. The number of hydrogen-bond acceptors (Lipinski definition) is 2. The summed E-state index contributed by atoms with van der Waals surface area (Å²) in [7, 11) is 2.23. The SMILES string of the molecule is CCNC(CN(C)C(C)C(C)(C)C)c1ccc(C)cc1. The molecule has 2 heteroatoms. The summed E-state index contributed by atoms with van der Waals surface area (Å²) in [6.45, 7) is 15.6. The Labute approximate surface area is 125 Å². The third-order valence-electron chi connectivity index (χ3n) is 4.32. The van der Waals surface area contributed by atoms with Gasteiger partial charge in [-0.25, -0.2) is 0 Å². The van der Waals surface area contributed by atoms with Crippen LogP contribution in [0.5, 0.6) is 0 Å². The highest BCUT2D eigenvalue weighted by Crippen LogP contribution is 2.25. The molecule has 0 fully saturated rings. The van der Waals surface area contributed by atoms with Crippen LogP contribution in [0.4, 0.5) is 0 Å². The molecule has 0 radical (unpaired) electrons. The summed E-state index contributed by atoms with van der Waals surface area (Å²) in [6.07, 6.45) is 0. The van der Waals surface area contributed by atoms with Gasteiger partial charge in [-0.3, -0.25) is 0 Å². The summed E-state index contributed by atoms with van der Waals surface area (Å²) >= 11 is 0. The second-order valence-corrected chi connectivity index (χ2v) is 7.00. The summed E-state index contributed by atoms with van der Waals surface area (Å²) in [5, 5.41) is 3.61. The predicted molar refractivity (Wildman–Crippen MR) is 89.1 cm³/mol. The molecule has 0 aromatic heterocycles. The Balaban J connectivity index is 2.79. The highest BCUT2D eigenvalue weighted by molar-refractivity contribution is 5.24. The molecule has 114 valence electrons. The Morgan fingerprint density at radius 1 is 1.15 bits per heavy atom. The van der Waals surface area contributed by atoms with Crippen LogP contribution < -0.4 is 5.32 Å². The number of rotatable bonds is 6. The fourth-order valence-corrected chi connectivity index (χ4v) is 2.44. The molecule has 0 spiro atoms. The van der Waals surface area contributed by atoms with E-state index in [4.69, 9.17) is 0 Å². The summed E-state index contributed by atoms with van der Waals surface area (Å²) in [4.78, 5) is 2.47. The molecule has 1 rings (SSSR count). The van der Waals surface area contributed by atoms with E-state index in [1.165, 1.54) is 11.1 Å². The molecular formula is C18H32N2. The number of likely N-dealkylation sites (N-methyl/N-ethyl adjacent to an activating group) is 2. The van der Waals surface area contributed by atoms with Crippen molar-refractivity contribution in [1.29, 1.82) is 0 Å². The number of nitrogens with one attached hydrogen (secondary N) is 1. The Morgan fingerprint density at radius 3 is 2.15 bits per heavy atom. The quantitative estimate of drug-likeness (QED) is 0.844. The van der Waals surface area contributed by atoms with Crippen LogP contribution >= 0.6 is 0 Å². The van der Waals surface area contributed by atoms with Crippen molar-refractivity contribution in [3.8, 4) is 0 Å². The average Bonchev–Trinajstić information content (AvgIpc) is 2.37. The van der Waals surface area contributed by atoms with Crippen molar-refractivity contribution in [1.82, 2.24) is 10.2 Å². The average molecular weight is 276 g/mol. The first-order valence-electron chi connectivity index (χ1n) is 7.76. The lowest BCUT2D eigenvalue weighted by Gasteiger charge is -2.37. The number of benzene rings is 1. The van der Waals surface area contributed by atoms with E-state index in [2.05, 4.69) is 83.1 Å². The molecule has 0 saturated heterocycles. The molecule has 0 saturated carbocycles. The Bertz CT molecular complexity index is 389. The first-order valence-corrected chi connectivity index (χ1v) is 7.76. The van der Waals surface area contributed by atoms with E-state index in [0.717, 1.165) is 13.1 Å². The maximum atomic E-state index is 3.61. The lowest BCUT2D eigenvalue weighted by Crippen LogP contribution is -2.43. The number of hydrogen-bond donors (Lipinski definition) is 1. The minimum atomic E-state index is 0.304. The highest BCUT2D eigenvalue weighted by atomic mass is 15.2. The molecule has 0 aliphatic heterocycles. The van der Waals surface area contributed by atoms with Gasteiger partial charge in [-0.2, -0.15) is 0 Å². The molecule has 0 amide bonds. The van der Waals surface area contributed by atoms with Crippen molar-refractivity contribution >= 4 is 0 Å². The van der Waals surface area contributed by atoms with E-state index in [0.29, 0.717) is 17.5 Å². The van der Waals surface area contributed by atoms with Gasteiger partial charge in [0.25, 0.3) is 0 Å². The second-order valence-electron chi connectivity index (χ2n) is 7.00. The third-order valence-corrected chi connectivity index (χ3v) is 4.32. The van der Waals surface area contributed by atoms with Gasteiger partial charge >= 0.3 is 0 Å². The van der Waals surface area contributed by atoms with Gasteiger partial charge in [-0.15, -0.1) is 0 Å². The van der Waals surface area contributed by atoms with Crippen LogP contribution in [0.15, 0.2) is 24.3 Å². The highest BCUT2D eigenvalue weighted by Gasteiger charge is 2.25. The van der Waals surface area contributed by atoms with Crippen molar-refractivity contribution in [2.75, 3.05) is 20.1 Å². The first kappa shape index (κ1) is 17.2. The van der Waals surface area contributed by atoms with Crippen LogP contribution in [-0.4, -0.2) is 31.1 Å². The van der Waals surface area contributed by atoms with Gasteiger partial charge < -0.3 is 10.2 Å². The molecule has 0 heterocycles. The summed E-state index contributed by atoms with van der Waals surface area (Å²) in [5.41, 5.74) is 3.00. The zero-order chi connectivity index (χ0) is 15.3. The third kappa shape index (κ3) is 4.92. The summed E-state index contributed by atoms with van der Waals surface area (Å²) in [5.74, 6) is 0. The van der Waals surface area contributed by atoms with Crippen molar-refractivity contribution in [3.63, 3.8) is 0 Å². The molecule has 0 aliphatic carbocycles. The van der Waals surface area contributed by atoms with Crippen LogP contribution in [0.25, 0.3) is 0 Å². The Morgan fingerprint density at radius 2 is 1.70 bits per heavy atom. The van der Waals surface area contributed by atoms with E-state index in [1.807, 2.05) is 0 Å². The lowest BCUT2D eigenvalue weighted by atomic mass is 9.87. The summed E-state index contributed by atoms with van der Waals surface area (Å²) < 4.78 is 0. The van der Waals surface area contributed by atoms with E-state index in [1.54, 1.807) is 0 Å². The maximum Gasteiger partial charge on any atom is 0.0449 e. The Hall–Kier alpha value is -0.860. The first-order chi connectivity index (χ1) is 9.25. The van der Waals surface area contributed by atoms with Gasteiger partial charge in [-0.05, 0) is 38.4 Å². The van der Waals surface area contributed by atoms with Gasteiger partial charge in [-0.1, -0.05) is 57.5 Å². The summed E-state index contributed by atoms with van der Waals surface area (Å²) in [6, 6.07) is 9.85. The zero-order valence-electron chi connectivity index (χ0n) is 14.3. The van der Waals surface area contributed by atoms with Crippen molar-refractivity contribution in [2.24, 2.45) is 5.41 Å². The normalized spacial score (nSPS) is 15.4. The fraction of sp³-hybridized carbons (Fsp3) is 0.667. The van der Waals surface area contributed by atoms with Crippen LogP contribution in [0.2, 0.25) is 0 Å². The minimum Gasteiger partial charge on any atom is -0.309 e. The smallest absolute Gasteiger partial charge is 0.0449 e. The maximum absolute atomic E-state index is 3.61. The monoisotopic (exact) mass is 276 g/mol. The van der Waals surface area contributed by atoms with E-state index in [-0.39, 0.29) is 0 Å². The van der Waals surface area contributed by atoms with Gasteiger partial charge in [0.05, 0.1) is 0 Å². The standard InChI is InChI=1S/C18H32N2/c1-8-19-17(16-11-9-14(2)10-12-16)13-20(7)15(3)18(4,5)6/h9-12,15,17,19H,8,13H2,1-7H3. The van der Waals surface area contributed by atoms with Gasteiger partial charge in [0.2, 0.25) is 0 Å². The molecule has 2 unspecified atom stereocenters. The van der Waals surface area contributed by atoms with Crippen LogP contribution in [0, 0.1) is 12.3 Å². The Kier molecular flexibility index (Phi) is 6.22. The van der Waals surface area contributed by atoms with Gasteiger partial charge in [0.15, 0.2) is 0 Å². The molecule has 0 bridgehead atoms. The van der Waals surface area contributed by atoms with E-state index < -0.39 is 0 Å². The molecule has 1 N–H and O–H groups in total. The van der Waals surface area contributed by atoms with Crippen molar-refractivity contribution in [3.05, 3.63) is 35.4 Å². The molecule has 1 aromatic carbocycles. The molecule has 20 heavy (non-hydrogen) atoms. The number of aryl methyl sites for hydroxylation is 1. The van der Waals surface area contributed by atoms with E-state index in [9.17, 15) is 0 Å². The molecular weight excluding hydrogens is 244 g/mol.